The van der Waals surface area contributed by atoms with Crippen LogP contribution in [0.3, 0.4) is 0 Å². The van der Waals surface area contributed by atoms with E-state index in [1.54, 1.807) is 0 Å². The van der Waals surface area contributed by atoms with Crippen molar-refractivity contribution < 1.29 is 0 Å². The van der Waals surface area contributed by atoms with Gasteiger partial charge in [-0.05, 0) is 63.4 Å². The minimum absolute atomic E-state index is 0.294. The summed E-state index contributed by atoms with van der Waals surface area (Å²) < 4.78 is 0. The van der Waals surface area contributed by atoms with Gasteiger partial charge in [-0.2, -0.15) is 5.26 Å². The average Bonchev–Trinajstić information content (AvgIpc) is 2.78. The van der Waals surface area contributed by atoms with Crippen LogP contribution in [0.5, 0.6) is 0 Å². The summed E-state index contributed by atoms with van der Waals surface area (Å²) in [5, 5.41) is 13.0. The lowest BCUT2D eigenvalue weighted by molar-refractivity contribution is 0.464. The van der Waals surface area contributed by atoms with Crippen molar-refractivity contribution in [1.82, 2.24) is 5.32 Å². The summed E-state index contributed by atoms with van der Waals surface area (Å²) in [6.07, 6.45) is 3.02. The van der Waals surface area contributed by atoms with Gasteiger partial charge >= 0.3 is 0 Å². The van der Waals surface area contributed by atoms with Gasteiger partial charge in [0.2, 0.25) is 0 Å². The van der Waals surface area contributed by atoms with Crippen molar-refractivity contribution >= 4 is 11.8 Å². The smallest absolute Gasteiger partial charge is 0.107 e. The molecule has 1 saturated carbocycles. The minimum atomic E-state index is -0.294. The predicted octanol–water partition coefficient (Wildman–Crippen LogP) is 3.43. The molecule has 2 atom stereocenters. The van der Waals surface area contributed by atoms with Gasteiger partial charge in [0.25, 0.3) is 0 Å². The van der Waals surface area contributed by atoms with E-state index in [0.717, 1.165) is 19.3 Å². The molecule has 0 radical (unpaired) electrons. The highest BCUT2D eigenvalue weighted by Crippen LogP contribution is 2.40. The van der Waals surface area contributed by atoms with Crippen molar-refractivity contribution in [2.45, 2.75) is 48.8 Å². The van der Waals surface area contributed by atoms with E-state index in [0.29, 0.717) is 5.25 Å². The summed E-state index contributed by atoms with van der Waals surface area (Å²) in [5.74, 6) is 0. The Hall–Kier alpha value is -0.980. The van der Waals surface area contributed by atoms with Crippen molar-refractivity contribution in [1.29, 1.82) is 5.26 Å². The van der Waals surface area contributed by atoms with Gasteiger partial charge in [-0.1, -0.05) is 6.07 Å². The number of thioether (sulfide) groups is 1. The number of aryl methyl sites for hydroxylation is 2. The Balaban J connectivity index is 2.04. The second kappa shape index (κ2) is 5.34. The van der Waals surface area contributed by atoms with Gasteiger partial charge in [0, 0.05) is 10.1 Å². The molecule has 0 aliphatic heterocycles. The summed E-state index contributed by atoms with van der Waals surface area (Å²) in [5.41, 5.74) is 2.39. The molecule has 0 amide bonds. The van der Waals surface area contributed by atoms with E-state index >= 15 is 0 Å². The predicted molar refractivity (Wildman–Crippen MR) is 76.8 cm³/mol. The highest BCUT2D eigenvalue weighted by molar-refractivity contribution is 8.00. The molecule has 1 aromatic carbocycles. The zero-order valence-electron chi connectivity index (χ0n) is 11.3. The molecule has 1 N–H and O–H groups in total. The SMILES string of the molecule is CNC1(C#N)CCC(Sc2ccc(C)c(C)c2)C1. The van der Waals surface area contributed by atoms with E-state index in [1.165, 1.54) is 16.0 Å². The molecule has 96 valence electrons. The minimum Gasteiger partial charge on any atom is -0.302 e. The fourth-order valence-corrected chi connectivity index (χ4v) is 3.84. The largest absolute Gasteiger partial charge is 0.302 e. The molecular formula is C15H20N2S. The molecule has 2 unspecified atom stereocenters. The van der Waals surface area contributed by atoms with Crippen LogP contribution in [0.1, 0.15) is 30.4 Å². The van der Waals surface area contributed by atoms with Crippen molar-refractivity contribution in [3.8, 4) is 6.07 Å². The number of nitriles is 1. The Morgan fingerprint density at radius 2 is 2.17 bits per heavy atom. The maximum absolute atomic E-state index is 9.26. The number of hydrogen-bond acceptors (Lipinski definition) is 3. The lowest BCUT2D eigenvalue weighted by Gasteiger charge is -2.19. The molecule has 2 rings (SSSR count). The molecule has 1 fully saturated rings. The maximum atomic E-state index is 9.26. The molecule has 0 saturated heterocycles. The van der Waals surface area contributed by atoms with E-state index < -0.39 is 0 Å². The first-order valence-electron chi connectivity index (χ1n) is 6.43. The normalized spacial score (nSPS) is 27.1. The van der Waals surface area contributed by atoms with Crippen molar-refractivity contribution in [2.24, 2.45) is 0 Å². The van der Waals surface area contributed by atoms with E-state index in [4.69, 9.17) is 0 Å². The Morgan fingerprint density at radius 3 is 2.72 bits per heavy atom. The highest BCUT2D eigenvalue weighted by Gasteiger charge is 2.38. The molecule has 1 aliphatic rings. The Labute approximate surface area is 114 Å². The molecule has 18 heavy (non-hydrogen) atoms. The van der Waals surface area contributed by atoms with Gasteiger partial charge in [0.15, 0.2) is 0 Å². The molecule has 0 aromatic heterocycles. The summed E-state index contributed by atoms with van der Waals surface area (Å²) >= 11 is 1.92. The molecule has 0 bridgehead atoms. The van der Waals surface area contributed by atoms with Crippen molar-refractivity contribution in [2.75, 3.05) is 7.05 Å². The number of benzene rings is 1. The molecule has 1 aromatic rings. The van der Waals surface area contributed by atoms with Crippen LogP contribution >= 0.6 is 11.8 Å². The third-order valence-corrected chi connectivity index (χ3v) is 5.20. The molecule has 0 heterocycles. The Bertz CT molecular complexity index is 478. The molecule has 1 aliphatic carbocycles. The topological polar surface area (TPSA) is 35.8 Å². The van der Waals surface area contributed by atoms with Crippen LogP contribution in [0.4, 0.5) is 0 Å². The Morgan fingerprint density at radius 1 is 1.39 bits per heavy atom. The maximum Gasteiger partial charge on any atom is 0.107 e. The van der Waals surface area contributed by atoms with Crippen LogP contribution in [0.25, 0.3) is 0 Å². The number of nitrogens with zero attached hydrogens (tertiary/aromatic N) is 1. The molecular weight excluding hydrogens is 240 g/mol. The average molecular weight is 260 g/mol. The van der Waals surface area contributed by atoms with Gasteiger partial charge in [-0.25, -0.2) is 0 Å². The zero-order valence-corrected chi connectivity index (χ0v) is 12.1. The first-order chi connectivity index (χ1) is 8.58. The zero-order chi connectivity index (χ0) is 13.2. The van der Waals surface area contributed by atoms with E-state index in [1.807, 2.05) is 18.8 Å². The third-order valence-electron chi connectivity index (χ3n) is 3.94. The summed E-state index contributed by atoms with van der Waals surface area (Å²) in [7, 11) is 1.90. The Kier molecular flexibility index (Phi) is 3.99. The monoisotopic (exact) mass is 260 g/mol. The summed E-state index contributed by atoms with van der Waals surface area (Å²) in [6.45, 7) is 4.29. The summed E-state index contributed by atoms with van der Waals surface area (Å²) in [4.78, 5) is 1.33. The number of rotatable bonds is 3. The highest BCUT2D eigenvalue weighted by atomic mass is 32.2. The lowest BCUT2D eigenvalue weighted by Crippen LogP contribution is -2.38. The van der Waals surface area contributed by atoms with Crippen LogP contribution in [0.2, 0.25) is 0 Å². The van der Waals surface area contributed by atoms with E-state index in [2.05, 4.69) is 43.4 Å². The number of hydrogen-bond donors (Lipinski definition) is 1. The van der Waals surface area contributed by atoms with Crippen molar-refractivity contribution in [3.05, 3.63) is 29.3 Å². The van der Waals surface area contributed by atoms with Gasteiger partial charge in [0.1, 0.15) is 5.54 Å². The lowest BCUT2D eigenvalue weighted by atomic mass is 10.0. The van der Waals surface area contributed by atoms with Crippen LogP contribution in [0, 0.1) is 25.2 Å². The van der Waals surface area contributed by atoms with Gasteiger partial charge < -0.3 is 5.32 Å². The van der Waals surface area contributed by atoms with Crippen LogP contribution < -0.4 is 5.32 Å². The second-order valence-electron chi connectivity index (χ2n) is 5.17. The third kappa shape index (κ3) is 2.71. The molecule has 3 heteroatoms. The molecule has 2 nitrogen and oxygen atoms in total. The van der Waals surface area contributed by atoms with Crippen LogP contribution in [-0.4, -0.2) is 17.8 Å². The van der Waals surface area contributed by atoms with E-state index in [-0.39, 0.29) is 5.54 Å². The summed E-state index contributed by atoms with van der Waals surface area (Å²) in [6, 6.07) is 9.07. The van der Waals surface area contributed by atoms with Crippen LogP contribution in [-0.2, 0) is 0 Å². The van der Waals surface area contributed by atoms with Crippen molar-refractivity contribution in [3.63, 3.8) is 0 Å². The fourth-order valence-electron chi connectivity index (χ4n) is 2.46. The van der Waals surface area contributed by atoms with Gasteiger partial charge in [-0.15, -0.1) is 11.8 Å². The standard InChI is InChI=1S/C15H20N2S/c1-11-4-5-13(8-12(11)2)18-14-6-7-15(9-14,10-16)17-3/h4-5,8,14,17H,6-7,9H2,1-3H3. The van der Waals surface area contributed by atoms with Gasteiger partial charge in [-0.3, -0.25) is 0 Å². The first-order valence-corrected chi connectivity index (χ1v) is 7.30. The molecule has 0 spiro atoms. The number of nitrogens with one attached hydrogen (secondary N) is 1. The second-order valence-corrected chi connectivity index (χ2v) is 6.55. The fraction of sp³-hybridized carbons (Fsp3) is 0.533. The first kappa shape index (κ1) is 13.5. The van der Waals surface area contributed by atoms with Crippen LogP contribution in [0.15, 0.2) is 23.1 Å². The quantitative estimate of drug-likeness (QED) is 0.904. The van der Waals surface area contributed by atoms with E-state index in [9.17, 15) is 5.26 Å². The van der Waals surface area contributed by atoms with Gasteiger partial charge in [0.05, 0.1) is 6.07 Å².